The topological polar surface area (TPSA) is 70.2 Å². The molecule has 0 unspecified atom stereocenters. The van der Waals surface area contributed by atoms with Crippen molar-refractivity contribution in [1.82, 2.24) is 5.32 Å². The van der Waals surface area contributed by atoms with E-state index in [1.807, 2.05) is 12.1 Å². The molecule has 1 aliphatic heterocycles. The molecule has 2 aliphatic rings. The first-order chi connectivity index (χ1) is 11.5. The maximum Gasteiger partial charge on any atom is 0.251 e. The minimum atomic E-state index is -0.209. The molecule has 1 saturated carbocycles. The quantitative estimate of drug-likeness (QED) is 0.791. The Labute approximate surface area is 143 Å². The van der Waals surface area contributed by atoms with Crippen molar-refractivity contribution in [2.75, 3.05) is 10.6 Å². The Hall–Kier alpha value is -2.04. The molecule has 24 heavy (non-hydrogen) atoms. The number of hydrogen-bond donors (Lipinski definition) is 3. The van der Waals surface area contributed by atoms with Crippen molar-refractivity contribution < 1.29 is 9.59 Å². The summed E-state index contributed by atoms with van der Waals surface area (Å²) in [5, 5.41) is 9.33. The number of carbonyl (C=O) groups is 2. The van der Waals surface area contributed by atoms with Crippen LogP contribution in [0.1, 0.15) is 62.7 Å². The van der Waals surface area contributed by atoms with Gasteiger partial charge < -0.3 is 16.0 Å². The maximum absolute atomic E-state index is 12.4. The predicted octanol–water partition coefficient (Wildman–Crippen LogP) is 3.53. The minimum absolute atomic E-state index is 0.0268. The van der Waals surface area contributed by atoms with Gasteiger partial charge in [-0.2, -0.15) is 0 Å². The molecule has 0 spiro atoms. The van der Waals surface area contributed by atoms with Gasteiger partial charge >= 0.3 is 0 Å². The average molecular weight is 329 g/mol. The molecule has 3 rings (SSSR count). The van der Waals surface area contributed by atoms with Crippen molar-refractivity contribution in [1.29, 1.82) is 0 Å². The third kappa shape index (κ3) is 3.89. The van der Waals surface area contributed by atoms with Gasteiger partial charge in [-0.25, -0.2) is 0 Å². The number of fused-ring (bicyclic) bond motifs is 1. The lowest BCUT2D eigenvalue weighted by Gasteiger charge is -2.28. The fourth-order valence-corrected chi connectivity index (χ4v) is 3.54. The molecule has 1 aliphatic carbocycles. The van der Waals surface area contributed by atoms with Crippen molar-refractivity contribution in [2.45, 2.75) is 64.5 Å². The Bertz CT molecular complexity index is 621. The molecule has 0 radical (unpaired) electrons. The van der Waals surface area contributed by atoms with Gasteiger partial charge in [0, 0.05) is 11.6 Å². The van der Waals surface area contributed by atoms with Gasteiger partial charge in [0.1, 0.15) is 6.04 Å². The summed E-state index contributed by atoms with van der Waals surface area (Å²) in [5.41, 5.74) is 2.18. The summed E-state index contributed by atoms with van der Waals surface area (Å²) in [6, 6.07) is 5.56. The van der Waals surface area contributed by atoms with Crippen LogP contribution < -0.4 is 16.0 Å². The highest BCUT2D eigenvalue weighted by atomic mass is 16.2. The van der Waals surface area contributed by atoms with E-state index >= 15 is 0 Å². The molecule has 5 heteroatoms. The van der Waals surface area contributed by atoms with E-state index in [1.54, 1.807) is 6.07 Å². The van der Waals surface area contributed by atoms with Crippen molar-refractivity contribution in [3.05, 3.63) is 23.8 Å². The molecule has 130 valence electrons. The van der Waals surface area contributed by atoms with Crippen LogP contribution in [0.25, 0.3) is 0 Å². The highest BCUT2D eigenvalue weighted by molar-refractivity contribution is 6.05. The lowest BCUT2D eigenvalue weighted by molar-refractivity contribution is -0.117. The van der Waals surface area contributed by atoms with Crippen LogP contribution >= 0.6 is 0 Å². The second-order valence-corrected chi connectivity index (χ2v) is 7.38. The van der Waals surface area contributed by atoms with Crippen LogP contribution in [0, 0.1) is 5.92 Å². The largest absolute Gasteiger partial charge is 0.372 e. The first kappa shape index (κ1) is 16.8. The Balaban J connectivity index is 1.69. The molecule has 0 saturated heterocycles. The number of rotatable bonds is 4. The maximum atomic E-state index is 12.4. The van der Waals surface area contributed by atoms with Gasteiger partial charge in [0.25, 0.3) is 5.91 Å². The number of nitrogens with one attached hydrogen (secondary N) is 3. The Morgan fingerprint density at radius 3 is 2.67 bits per heavy atom. The molecule has 1 aromatic rings. The SMILES string of the molecule is CC(C)C[C@@H]1Nc2ccc(C(=O)NC3CCCCC3)cc2NC1=O. The third-order valence-corrected chi connectivity index (χ3v) is 4.83. The molecule has 1 atom stereocenters. The number of hydrogen-bond acceptors (Lipinski definition) is 3. The van der Waals surface area contributed by atoms with E-state index in [0.29, 0.717) is 17.2 Å². The van der Waals surface area contributed by atoms with Crippen LogP contribution in [-0.2, 0) is 4.79 Å². The zero-order valence-electron chi connectivity index (χ0n) is 14.5. The summed E-state index contributed by atoms with van der Waals surface area (Å²) in [7, 11) is 0. The summed E-state index contributed by atoms with van der Waals surface area (Å²) in [6.07, 6.45) is 6.55. The fourth-order valence-electron chi connectivity index (χ4n) is 3.54. The van der Waals surface area contributed by atoms with Crippen LogP contribution in [0.4, 0.5) is 11.4 Å². The number of benzene rings is 1. The molecule has 1 fully saturated rings. The van der Waals surface area contributed by atoms with Gasteiger partial charge in [0.2, 0.25) is 5.91 Å². The van der Waals surface area contributed by atoms with E-state index in [1.165, 1.54) is 19.3 Å². The summed E-state index contributed by atoms with van der Waals surface area (Å²) >= 11 is 0. The van der Waals surface area contributed by atoms with Crippen molar-refractivity contribution in [2.24, 2.45) is 5.92 Å². The minimum Gasteiger partial charge on any atom is -0.372 e. The molecule has 0 aromatic heterocycles. The summed E-state index contributed by atoms with van der Waals surface area (Å²) in [5.74, 6) is 0.361. The molecule has 0 bridgehead atoms. The number of carbonyl (C=O) groups excluding carboxylic acids is 2. The van der Waals surface area contributed by atoms with E-state index in [9.17, 15) is 9.59 Å². The standard InChI is InChI=1S/C19H27N3O2/c1-12(2)10-17-19(24)22-16-11-13(8-9-15(16)21-17)18(23)20-14-6-4-3-5-7-14/h8-9,11-12,14,17,21H,3-7,10H2,1-2H3,(H,20,23)(H,22,24)/t17-/m0/s1. The van der Waals surface area contributed by atoms with Crippen molar-refractivity contribution in [3.8, 4) is 0 Å². The van der Waals surface area contributed by atoms with E-state index in [0.717, 1.165) is 24.9 Å². The van der Waals surface area contributed by atoms with E-state index in [4.69, 9.17) is 0 Å². The molecular weight excluding hydrogens is 302 g/mol. The van der Waals surface area contributed by atoms with Crippen LogP contribution in [0.2, 0.25) is 0 Å². The zero-order chi connectivity index (χ0) is 17.1. The smallest absolute Gasteiger partial charge is 0.251 e. The van der Waals surface area contributed by atoms with Crippen LogP contribution in [0.3, 0.4) is 0 Å². The van der Waals surface area contributed by atoms with Crippen molar-refractivity contribution in [3.63, 3.8) is 0 Å². The summed E-state index contributed by atoms with van der Waals surface area (Å²) < 4.78 is 0. The first-order valence-corrected chi connectivity index (χ1v) is 9.05. The Kier molecular flexibility index (Phi) is 5.07. The highest BCUT2D eigenvalue weighted by Gasteiger charge is 2.27. The Morgan fingerprint density at radius 2 is 1.96 bits per heavy atom. The monoisotopic (exact) mass is 329 g/mol. The average Bonchev–Trinajstić information content (AvgIpc) is 2.55. The van der Waals surface area contributed by atoms with Gasteiger partial charge in [-0.1, -0.05) is 33.1 Å². The fraction of sp³-hybridized carbons (Fsp3) is 0.579. The van der Waals surface area contributed by atoms with E-state index < -0.39 is 0 Å². The second-order valence-electron chi connectivity index (χ2n) is 7.38. The molecule has 3 N–H and O–H groups in total. The van der Waals surface area contributed by atoms with Crippen LogP contribution in [0.15, 0.2) is 18.2 Å². The van der Waals surface area contributed by atoms with Gasteiger partial charge in [0.05, 0.1) is 11.4 Å². The second kappa shape index (κ2) is 7.24. The Morgan fingerprint density at radius 1 is 1.21 bits per heavy atom. The van der Waals surface area contributed by atoms with Gasteiger partial charge in [-0.05, 0) is 43.4 Å². The molecular formula is C19H27N3O2. The highest BCUT2D eigenvalue weighted by Crippen LogP contribution is 2.29. The van der Waals surface area contributed by atoms with E-state index in [-0.39, 0.29) is 23.9 Å². The van der Waals surface area contributed by atoms with Crippen molar-refractivity contribution >= 4 is 23.2 Å². The lowest BCUT2D eigenvalue weighted by atomic mass is 9.95. The molecule has 5 nitrogen and oxygen atoms in total. The third-order valence-electron chi connectivity index (χ3n) is 4.83. The first-order valence-electron chi connectivity index (χ1n) is 9.05. The van der Waals surface area contributed by atoms with E-state index in [2.05, 4.69) is 29.8 Å². The van der Waals surface area contributed by atoms with Gasteiger partial charge in [-0.15, -0.1) is 0 Å². The summed E-state index contributed by atoms with van der Waals surface area (Å²) in [4.78, 5) is 24.7. The zero-order valence-corrected chi connectivity index (χ0v) is 14.5. The lowest BCUT2D eigenvalue weighted by Crippen LogP contribution is -2.40. The summed E-state index contributed by atoms with van der Waals surface area (Å²) in [6.45, 7) is 4.20. The molecule has 1 heterocycles. The normalized spacial score (nSPS) is 21.0. The van der Waals surface area contributed by atoms with Gasteiger partial charge in [0.15, 0.2) is 0 Å². The molecule has 1 aromatic carbocycles. The number of anilines is 2. The predicted molar refractivity (Wildman–Crippen MR) is 96.3 cm³/mol. The number of amides is 2. The van der Waals surface area contributed by atoms with Gasteiger partial charge in [-0.3, -0.25) is 9.59 Å². The van der Waals surface area contributed by atoms with Crippen LogP contribution in [0.5, 0.6) is 0 Å². The van der Waals surface area contributed by atoms with Crippen LogP contribution in [-0.4, -0.2) is 23.9 Å². The molecule has 2 amide bonds.